The number of nitrogens with one attached hydrogen (secondary N) is 1. The summed E-state index contributed by atoms with van der Waals surface area (Å²) in [6.07, 6.45) is 0. The van der Waals surface area contributed by atoms with Crippen LogP contribution in [0.15, 0.2) is 24.3 Å². The number of hydrogen-bond donors (Lipinski definition) is 2. The number of rotatable bonds is 3. The highest BCUT2D eigenvalue weighted by molar-refractivity contribution is 5.41. The van der Waals surface area contributed by atoms with Gasteiger partial charge in [-0.25, -0.2) is 10.8 Å². The van der Waals surface area contributed by atoms with Gasteiger partial charge in [-0.2, -0.15) is 4.98 Å². The van der Waals surface area contributed by atoms with E-state index in [1.54, 1.807) is 6.07 Å². The van der Waals surface area contributed by atoms with Crippen LogP contribution in [0.3, 0.4) is 0 Å². The van der Waals surface area contributed by atoms with E-state index >= 15 is 0 Å². The Bertz CT molecular complexity index is 627. The predicted molar refractivity (Wildman–Crippen MR) is 84.5 cm³/mol. The highest BCUT2D eigenvalue weighted by Crippen LogP contribution is 2.27. The molecule has 0 aliphatic carbocycles. The summed E-state index contributed by atoms with van der Waals surface area (Å²) in [5.74, 6) is 7.93. The minimum atomic E-state index is -0.187. The molecule has 1 heterocycles. The topological polar surface area (TPSA) is 73.1 Å². The second-order valence-corrected chi connectivity index (χ2v) is 6.23. The van der Waals surface area contributed by atoms with Crippen molar-refractivity contribution >= 4 is 5.82 Å². The molecule has 0 saturated carbocycles. The highest BCUT2D eigenvalue weighted by atomic mass is 16.5. The van der Waals surface area contributed by atoms with E-state index in [4.69, 9.17) is 10.6 Å². The third kappa shape index (κ3) is 3.92. The van der Waals surface area contributed by atoms with E-state index in [1.165, 1.54) is 0 Å². The number of hydrogen-bond acceptors (Lipinski definition) is 5. The smallest absolute Gasteiger partial charge is 0.224 e. The number of aromatic nitrogens is 2. The van der Waals surface area contributed by atoms with Gasteiger partial charge >= 0.3 is 0 Å². The van der Waals surface area contributed by atoms with Crippen molar-refractivity contribution in [2.75, 3.05) is 5.43 Å². The minimum Gasteiger partial charge on any atom is -0.439 e. The van der Waals surface area contributed by atoms with Crippen LogP contribution < -0.4 is 16.0 Å². The van der Waals surface area contributed by atoms with E-state index < -0.39 is 0 Å². The van der Waals surface area contributed by atoms with Gasteiger partial charge in [0.1, 0.15) is 17.4 Å². The average Bonchev–Trinajstić information content (AvgIpc) is 2.36. The molecule has 1 aromatic carbocycles. The highest BCUT2D eigenvalue weighted by Gasteiger charge is 2.19. The Kier molecular flexibility index (Phi) is 4.14. The summed E-state index contributed by atoms with van der Waals surface area (Å²) in [6, 6.07) is 7.73. The van der Waals surface area contributed by atoms with E-state index in [9.17, 15) is 0 Å². The number of nitrogens with two attached hydrogens (primary N) is 1. The Morgan fingerprint density at radius 2 is 1.62 bits per heavy atom. The van der Waals surface area contributed by atoms with Crippen LogP contribution in [0.1, 0.15) is 37.7 Å². The molecule has 112 valence electrons. The SMILES string of the molecule is Cc1cc(C)cc(Oc2cc(NN)nc(C(C)(C)C)n2)c1. The largest absolute Gasteiger partial charge is 0.439 e. The number of benzene rings is 1. The Hall–Kier alpha value is -2.14. The lowest BCUT2D eigenvalue weighted by Crippen LogP contribution is -2.19. The number of anilines is 1. The third-order valence-electron chi connectivity index (χ3n) is 2.94. The van der Waals surface area contributed by atoms with E-state index in [0.717, 1.165) is 16.9 Å². The van der Waals surface area contributed by atoms with Gasteiger partial charge in [0.15, 0.2) is 0 Å². The third-order valence-corrected chi connectivity index (χ3v) is 2.94. The van der Waals surface area contributed by atoms with Gasteiger partial charge in [0.2, 0.25) is 5.88 Å². The van der Waals surface area contributed by atoms with Gasteiger partial charge < -0.3 is 10.2 Å². The average molecular weight is 286 g/mol. The van der Waals surface area contributed by atoms with E-state index in [0.29, 0.717) is 17.5 Å². The monoisotopic (exact) mass is 286 g/mol. The standard InChI is InChI=1S/C16H22N4O/c1-10-6-11(2)8-12(7-10)21-14-9-13(20-17)18-15(19-14)16(3,4)5/h6-9H,17H2,1-5H3,(H,18,19,20). The van der Waals surface area contributed by atoms with Crippen LogP contribution in [0.5, 0.6) is 11.6 Å². The van der Waals surface area contributed by atoms with Crippen molar-refractivity contribution in [1.82, 2.24) is 9.97 Å². The Labute approximate surface area is 125 Å². The zero-order valence-electron chi connectivity index (χ0n) is 13.2. The first-order valence-electron chi connectivity index (χ1n) is 6.90. The fraction of sp³-hybridized carbons (Fsp3) is 0.375. The maximum atomic E-state index is 5.87. The fourth-order valence-electron chi connectivity index (χ4n) is 2.00. The molecular weight excluding hydrogens is 264 g/mol. The fourth-order valence-corrected chi connectivity index (χ4v) is 2.00. The Morgan fingerprint density at radius 1 is 1.00 bits per heavy atom. The molecule has 0 amide bonds. The van der Waals surface area contributed by atoms with Crippen LogP contribution >= 0.6 is 0 Å². The molecule has 2 rings (SSSR count). The molecule has 21 heavy (non-hydrogen) atoms. The summed E-state index contributed by atoms with van der Waals surface area (Å²) in [5.41, 5.74) is 4.66. The lowest BCUT2D eigenvalue weighted by Gasteiger charge is -2.18. The Morgan fingerprint density at radius 3 is 2.14 bits per heavy atom. The summed E-state index contributed by atoms with van der Waals surface area (Å²) in [5, 5.41) is 0. The van der Waals surface area contributed by atoms with Gasteiger partial charge in [-0.3, -0.25) is 0 Å². The quantitative estimate of drug-likeness (QED) is 0.667. The zero-order chi connectivity index (χ0) is 15.6. The van der Waals surface area contributed by atoms with Crippen LogP contribution in [-0.4, -0.2) is 9.97 Å². The molecule has 1 aromatic heterocycles. The van der Waals surface area contributed by atoms with Gasteiger partial charge in [0.05, 0.1) is 0 Å². The first-order valence-corrected chi connectivity index (χ1v) is 6.90. The van der Waals surface area contributed by atoms with Crippen molar-refractivity contribution in [2.24, 2.45) is 5.84 Å². The second-order valence-electron chi connectivity index (χ2n) is 6.23. The minimum absolute atomic E-state index is 0.187. The molecule has 0 radical (unpaired) electrons. The normalized spacial score (nSPS) is 11.3. The van der Waals surface area contributed by atoms with Crippen molar-refractivity contribution in [1.29, 1.82) is 0 Å². The van der Waals surface area contributed by atoms with Gasteiger partial charge in [0.25, 0.3) is 0 Å². The maximum absolute atomic E-state index is 5.87. The van der Waals surface area contributed by atoms with Crippen LogP contribution in [-0.2, 0) is 5.41 Å². The van der Waals surface area contributed by atoms with Crippen LogP contribution in [0.2, 0.25) is 0 Å². The van der Waals surface area contributed by atoms with Crippen molar-refractivity contribution in [3.8, 4) is 11.6 Å². The molecule has 2 aromatic rings. The summed E-state index contributed by atoms with van der Waals surface area (Å²) >= 11 is 0. The van der Waals surface area contributed by atoms with Crippen molar-refractivity contribution in [3.63, 3.8) is 0 Å². The van der Waals surface area contributed by atoms with Crippen molar-refractivity contribution < 1.29 is 4.74 Å². The van der Waals surface area contributed by atoms with Crippen LogP contribution in [0.25, 0.3) is 0 Å². The van der Waals surface area contributed by atoms with E-state index in [1.807, 2.05) is 46.8 Å². The van der Waals surface area contributed by atoms with E-state index in [2.05, 4.69) is 21.5 Å². The molecule has 0 aliphatic heterocycles. The Balaban J connectivity index is 2.39. The molecule has 0 unspecified atom stereocenters. The maximum Gasteiger partial charge on any atom is 0.224 e. The van der Waals surface area contributed by atoms with Crippen LogP contribution in [0.4, 0.5) is 5.82 Å². The number of nitrogen functional groups attached to an aromatic ring is 1. The molecule has 0 bridgehead atoms. The molecule has 0 saturated heterocycles. The first-order chi connectivity index (χ1) is 9.77. The lowest BCUT2D eigenvalue weighted by atomic mass is 9.96. The summed E-state index contributed by atoms with van der Waals surface area (Å²) in [4.78, 5) is 8.85. The molecule has 0 aliphatic rings. The lowest BCUT2D eigenvalue weighted by molar-refractivity contribution is 0.446. The summed E-state index contributed by atoms with van der Waals surface area (Å²) in [6.45, 7) is 10.2. The van der Waals surface area contributed by atoms with Gasteiger partial charge in [-0.1, -0.05) is 26.8 Å². The van der Waals surface area contributed by atoms with Crippen molar-refractivity contribution in [3.05, 3.63) is 41.2 Å². The van der Waals surface area contributed by atoms with Crippen LogP contribution in [0, 0.1) is 13.8 Å². The molecule has 3 N–H and O–H groups in total. The molecule has 0 spiro atoms. The number of aryl methyl sites for hydroxylation is 2. The number of nitrogens with zero attached hydrogens (tertiary/aromatic N) is 2. The first kappa shape index (κ1) is 15.3. The molecule has 0 atom stereocenters. The number of hydrazine groups is 1. The zero-order valence-corrected chi connectivity index (χ0v) is 13.2. The predicted octanol–water partition coefficient (Wildman–Crippen LogP) is 3.47. The van der Waals surface area contributed by atoms with Gasteiger partial charge in [-0.05, 0) is 37.1 Å². The van der Waals surface area contributed by atoms with Gasteiger partial charge in [-0.15, -0.1) is 0 Å². The molecular formula is C16H22N4O. The van der Waals surface area contributed by atoms with E-state index in [-0.39, 0.29) is 5.41 Å². The molecule has 5 heteroatoms. The number of ether oxygens (including phenoxy) is 1. The van der Waals surface area contributed by atoms with Gasteiger partial charge in [0, 0.05) is 11.5 Å². The molecule has 5 nitrogen and oxygen atoms in total. The summed E-state index contributed by atoms with van der Waals surface area (Å²) in [7, 11) is 0. The second kappa shape index (κ2) is 5.69. The van der Waals surface area contributed by atoms with Crippen molar-refractivity contribution in [2.45, 2.75) is 40.0 Å². The molecule has 0 fully saturated rings. The summed E-state index contributed by atoms with van der Waals surface area (Å²) < 4.78 is 5.87.